The molecule has 0 radical (unpaired) electrons. The Morgan fingerprint density at radius 3 is 2.60 bits per heavy atom. The molecule has 1 amide bonds. The van der Waals surface area contributed by atoms with Gasteiger partial charge < -0.3 is 10.6 Å². The van der Waals surface area contributed by atoms with Crippen molar-refractivity contribution in [3.05, 3.63) is 0 Å². The number of nitrogens with one attached hydrogen (secondary N) is 1. The van der Waals surface area contributed by atoms with E-state index in [1.807, 2.05) is 0 Å². The van der Waals surface area contributed by atoms with E-state index < -0.39 is 5.91 Å². The van der Waals surface area contributed by atoms with Crippen molar-refractivity contribution in [2.24, 2.45) is 5.73 Å². The molecule has 2 bridgehead atoms. The number of nitrogens with two attached hydrogens (primary N) is 1. The van der Waals surface area contributed by atoms with Crippen molar-refractivity contribution in [2.45, 2.75) is 43.8 Å². The summed E-state index contributed by atoms with van der Waals surface area (Å²) in [5.41, 5.74) is 7.93. The number of fused-ring (bicyclic) bond motifs is 2. The topological polar surface area (TPSA) is 67.6 Å². The average molecular weight is 213 g/mol. The van der Waals surface area contributed by atoms with E-state index in [0.717, 1.165) is 12.8 Å². The van der Waals surface area contributed by atoms with Crippen LogP contribution in [0.5, 0.6) is 0 Å². The van der Waals surface area contributed by atoms with Crippen LogP contribution in [0.3, 0.4) is 0 Å². The Morgan fingerprint density at radius 1 is 1.47 bits per heavy atom. The third kappa shape index (κ3) is 2.48. The highest BCUT2D eigenvalue weighted by Crippen LogP contribution is 2.33. The van der Waals surface area contributed by atoms with Gasteiger partial charge in [0.1, 0.15) is 6.61 Å². The van der Waals surface area contributed by atoms with Crippen molar-refractivity contribution in [3.63, 3.8) is 0 Å². The molecule has 0 aliphatic carbocycles. The van der Waals surface area contributed by atoms with Gasteiger partial charge >= 0.3 is 0 Å². The highest BCUT2D eigenvalue weighted by atomic mass is 16.6. The first kappa shape index (κ1) is 10.9. The molecule has 2 heterocycles. The predicted molar refractivity (Wildman–Crippen MR) is 55.9 cm³/mol. The van der Waals surface area contributed by atoms with Crippen LogP contribution in [0.2, 0.25) is 0 Å². The van der Waals surface area contributed by atoms with E-state index in [9.17, 15) is 4.79 Å². The van der Waals surface area contributed by atoms with Crippen LogP contribution in [0.25, 0.3) is 0 Å². The third-order valence-electron chi connectivity index (χ3n) is 3.56. The van der Waals surface area contributed by atoms with Crippen LogP contribution in [0.4, 0.5) is 0 Å². The summed E-state index contributed by atoms with van der Waals surface area (Å²) in [5.74, 6) is -0.432. The Balaban J connectivity index is 1.74. The normalized spacial score (nSPS) is 35.7. The summed E-state index contributed by atoms with van der Waals surface area (Å²) in [6, 6.07) is 1.73. The molecule has 0 aromatic rings. The number of hydrogen-bond donors (Lipinski definition) is 2. The van der Waals surface area contributed by atoms with Crippen LogP contribution in [0, 0.1) is 0 Å². The van der Waals surface area contributed by atoms with Gasteiger partial charge in [-0.1, -0.05) is 0 Å². The molecule has 0 spiro atoms. The van der Waals surface area contributed by atoms with Crippen LogP contribution in [-0.2, 0) is 9.63 Å². The van der Waals surface area contributed by atoms with E-state index in [2.05, 4.69) is 17.4 Å². The molecule has 0 aromatic heterocycles. The second-order valence-electron chi connectivity index (χ2n) is 4.59. The SMILES string of the molecule is CN1C2CCC1CC(NOCC(N)=O)C2. The van der Waals surface area contributed by atoms with Gasteiger partial charge in [0.05, 0.1) is 0 Å². The maximum absolute atomic E-state index is 10.5. The minimum absolute atomic E-state index is 0.0400. The maximum Gasteiger partial charge on any atom is 0.245 e. The van der Waals surface area contributed by atoms with Crippen LogP contribution >= 0.6 is 0 Å². The molecular formula is C10H19N3O2. The molecule has 2 saturated heterocycles. The van der Waals surface area contributed by atoms with Crippen molar-refractivity contribution in [2.75, 3.05) is 13.7 Å². The minimum atomic E-state index is -0.432. The zero-order chi connectivity index (χ0) is 10.8. The molecule has 5 nitrogen and oxygen atoms in total. The predicted octanol–water partition coefficient (Wildman–Crippen LogP) is -0.382. The summed E-state index contributed by atoms with van der Waals surface area (Å²) in [7, 11) is 2.20. The zero-order valence-corrected chi connectivity index (χ0v) is 9.11. The molecule has 3 N–H and O–H groups in total. The van der Waals surface area contributed by atoms with Crippen LogP contribution in [-0.4, -0.2) is 42.6 Å². The van der Waals surface area contributed by atoms with E-state index in [4.69, 9.17) is 10.6 Å². The quantitative estimate of drug-likeness (QED) is 0.625. The first-order chi connectivity index (χ1) is 7.16. The summed E-state index contributed by atoms with van der Waals surface area (Å²) in [4.78, 5) is 18.0. The van der Waals surface area contributed by atoms with E-state index in [1.165, 1.54) is 12.8 Å². The summed E-state index contributed by atoms with van der Waals surface area (Å²) in [6.45, 7) is -0.0400. The molecule has 2 atom stereocenters. The van der Waals surface area contributed by atoms with Gasteiger partial charge in [0, 0.05) is 18.1 Å². The van der Waals surface area contributed by atoms with E-state index in [1.54, 1.807) is 0 Å². The number of rotatable bonds is 4. The zero-order valence-electron chi connectivity index (χ0n) is 9.11. The van der Waals surface area contributed by atoms with Gasteiger partial charge in [-0.25, -0.2) is 0 Å². The monoisotopic (exact) mass is 213 g/mol. The number of carbonyl (C=O) groups excluding carboxylic acids is 1. The second-order valence-corrected chi connectivity index (χ2v) is 4.59. The molecule has 0 saturated carbocycles. The van der Waals surface area contributed by atoms with E-state index in [0.29, 0.717) is 18.1 Å². The molecule has 0 aromatic carbocycles. The van der Waals surface area contributed by atoms with Crippen molar-refractivity contribution < 1.29 is 9.63 Å². The van der Waals surface area contributed by atoms with Gasteiger partial charge in [0.25, 0.3) is 0 Å². The smallest absolute Gasteiger partial charge is 0.245 e. The Labute approximate surface area is 89.9 Å². The molecule has 5 heteroatoms. The van der Waals surface area contributed by atoms with E-state index in [-0.39, 0.29) is 6.61 Å². The number of hydroxylamine groups is 1. The number of hydrogen-bond acceptors (Lipinski definition) is 4. The fourth-order valence-corrected chi connectivity index (χ4v) is 2.74. The summed E-state index contributed by atoms with van der Waals surface area (Å²) < 4.78 is 0. The van der Waals surface area contributed by atoms with Crippen LogP contribution < -0.4 is 11.2 Å². The molecule has 2 fully saturated rings. The van der Waals surface area contributed by atoms with Gasteiger partial charge in [0.15, 0.2) is 0 Å². The lowest BCUT2D eigenvalue weighted by molar-refractivity contribution is -0.126. The first-order valence-electron chi connectivity index (χ1n) is 5.54. The maximum atomic E-state index is 10.5. The Bertz CT molecular complexity index is 233. The van der Waals surface area contributed by atoms with Crippen molar-refractivity contribution in [1.82, 2.24) is 10.4 Å². The third-order valence-corrected chi connectivity index (χ3v) is 3.56. The van der Waals surface area contributed by atoms with Crippen molar-refractivity contribution in [1.29, 1.82) is 0 Å². The number of amides is 1. The number of carbonyl (C=O) groups is 1. The van der Waals surface area contributed by atoms with E-state index >= 15 is 0 Å². The molecule has 15 heavy (non-hydrogen) atoms. The summed E-state index contributed by atoms with van der Waals surface area (Å²) >= 11 is 0. The van der Waals surface area contributed by atoms with Crippen molar-refractivity contribution in [3.8, 4) is 0 Å². The van der Waals surface area contributed by atoms with Crippen molar-refractivity contribution >= 4 is 5.91 Å². The summed E-state index contributed by atoms with van der Waals surface area (Å²) in [6.07, 6.45) is 4.78. The van der Waals surface area contributed by atoms with Crippen LogP contribution in [0.15, 0.2) is 0 Å². The highest BCUT2D eigenvalue weighted by molar-refractivity contribution is 5.74. The van der Waals surface area contributed by atoms with Crippen LogP contribution in [0.1, 0.15) is 25.7 Å². The lowest BCUT2D eigenvalue weighted by atomic mass is 9.99. The molecule has 2 unspecified atom stereocenters. The minimum Gasteiger partial charge on any atom is -0.368 e. The average Bonchev–Trinajstić information content (AvgIpc) is 2.42. The number of nitrogens with zero attached hydrogens (tertiary/aromatic N) is 1. The number of primary amides is 1. The molecular weight excluding hydrogens is 194 g/mol. The lowest BCUT2D eigenvalue weighted by Gasteiger charge is -2.36. The van der Waals surface area contributed by atoms with Gasteiger partial charge in [0.2, 0.25) is 5.91 Å². The van der Waals surface area contributed by atoms with Gasteiger partial charge in [-0.05, 0) is 32.7 Å². The Hall–Kier alpha value is -0.650. The fraction of sp³-hybridized carbons (Fsp3) is 0.900. The Morgan fingerprint density at radius 2 is 2.07 bits per heavy atom. The standard InChI is InChI=1S/C10H19N3O2/c1-13-8-2-3-9(13)5-7(4-8)12-15-6-10(11)14/h7-9,12H,2-6H2,1H3,(H2,11,14). The fourth-order valence-electron chi connectivity index (χ4n) is 2.74. The highest BCUT2D eigenvalue weighted by Gasteiger charge is 2.38. The Kier molecular flexibility index (Phi) is 3.23. The van der Waals surface area contributed by atoms with Gasteiger partial charge in [-0.2, -0.15) is 5.48 Å². The molecule has 2 aliphatic rings. The first-order valence-corrected chi connectivity index (χ1v) is 5.54. The largest absolute Gasteiger partial charge is 0.368 e. The summed E-state index contributed by atoms with van der Waals surface area (Å²) in [5, 5.41) is 0. The molecule has 86 valence electrons. The van der Waals surface area contributed by atoms with Gasteiger partial charge in [-0.3, -0.25) is 9.63 Å². The molecule has 2 aliphatic heterocycles. The number of piperidine rings is 1. The second kappa shape index (κ2) is 4.47. The lowest BCUT2D eigenvalue weighted by Crippen LogP contribution is -2.47. The van der Waals surface area contributed by atoms with Gasteiger partial charge in [-0.15, -0.1) is 0 Å². The molecule has 2 rings (SSSR count).